The maximum absolute atomic E-state index is 10.6. The second-order valence-corrected chi connectivity index (χ2v) is 5.09. The van der Waals surface area contributed by atoms with Gasteiger partial charge in [0.15, 0.2) is 0 Å². The molecule has 0 aliphatic carbocycles. The largest absolute Gasteiger partial charge is 0.364 e. The molecule has 0 saturated carbocycles. The summed E-state index contributed by atoms with van der Waals surface area (Å²) in [6, 6.07) is 11.1. The predicted octanol–water partition coefficient (Wildman–Crippen LogP) is 3.35. The minimum Gasteiger partial charge on any atom is -0.364 e. The van der Waals surface area contributed by atoms with Gasteiger partial charge in [-0.2, -0.15) is 0 Å². The summed E-state index contributed by atoms with van der Waals surface area (Å²) in [5.41, 5.74) is 2.08. The van der Waals surface area contributed by atoms with Crippen LogP contribution in [0.4, 0.5) is 11.5 Å². The molecule has 0 bridgehead atoms. The highest BCUT2D eigenvalue weighted by Crippen LogP contribution is 2.21. The lowest BCUT2D eigenvalue weighted by Gasteiger charge is -2.16. The van der Waals surface area contributed by atoms with Gasteiger partial charge in [0.1, 0.15) is 12.0 Å². The topological polar surface area (TPSA) is 85.9 Å². The van der Waals surface area contributed by atoms with Crippen molar-refractivity contribution in [2.75, 3.05) is 5.32 Å². The van der Waals surface area contributed by atoms with Gasteiger partial charge in [0.05, 0.1) is 17.3 Å². The molecule has 0 fully saturated rings. The van der Waals surface area contributed by atoms with Crippen molar-refractivity contribution in [3.63, 3.8) is 0 Å². The molecule has 2 aromatic heterocycles. The summed E-state index contributed by atoms with van der Waals surface area (Å²) < 4.78 is 1.93. The summed E-state index contributed by atoms with van der Waals surface area (Å²) in [6.07, 6.45) is 6.61. The highest BCUT2D eigenvalue weighted by molar-refractivity contribution is 5.44. The summed E-state index contributed by atoms with van der Waals surface area (Å²) in [6.45, 7) is 2.01. The third-order valence-electron chi connectivity index (χ3n) is 3.50. The lowest BCUT2D eigenvalue weighted by atomic mass is 10.1. The average Bonchev–Trinajstić information content (AvgIpc) is 3.10. The van der Waals surface area contributed by atoms with E-state index in [1.165, 1.54) is 12.3 Å². The Labute approximate surface area is 132 Å². The number of anilines is 1. The second kappa shape index (κ2) is 6.27. The molecule has 0 spiro atoms. The van der Waals surface area contributed by atoms with E-state index in [-0.39, 0.29) is 11.7 Å². The van der Waals surface area contributed by atoms with Gasteiger partial charge in [-0.25, -0.2) is 9.97 Å². The Bertz CT molecular complexity index is 800. The van der Waals surface area contributed by atoms with Gasteiger partial charge >= 0.3 is 0 Å². The molecule has 1 N–H and O–H groups in total. The molecular weight excluding hydrogens is 294 g/mol. The van der Waals surface area contributed by atoms with Gasteiger partial charge in [0, 0.05) is 24.1 Å². The number of rotatable bonds is 5. The van der Waals surface area contributed by atoms with Gasteiger partial charge in [-0.3, -0.25) is 10.1 Å². The molecule has 23 heavy (non-hydrogen) atoms. The first-order valence-electron chi connectivity index (χ1n) is 7.09. The number of hydrogen-bond acceptors (Lipinski definition) is 5. The molecule has 7 nitrogen and oxygen atoms in total. The quantitative estimate of drug-likeness (QED) is 0.577. The predicted molar refractivity (Wildman–Crippen MR) is 86.5 cm³/mol. The molecule has 0 unspecified atom stereocenters. The maximum Gasteiger partial charge on any atom is 0.287 e. The Morgan fingerprint density at radius 2 is 2.17 bits per heavy atom. The molecule has 1 atom stereocenters. The van der Waals surface area contributed by atoms with E-state index in [2.05, 4.69) is 21.4 Å². The Morgan fingerprint density at radius 1 is 1.30 bits per heavy atom. The number of aromatic nitrogens is 3. The summed E-state index contributed by atoms with van der Waals surface area (Å²) in [5, 5.41) is 13.9. The first kappa shape index (κ1) is 14.7. The lowest BCUT2D eigenvalue weighted by Crippen LogP contribution is -2.08. The molecule has 0 saturated heterocycles. The zero-order chi connectivity index (χ0) is 16.2. The Hall–Kier alpha value is -3.22. The fourth-order valence-electron chi connectivity index (χ4n) is 2.25. The van der Waals surface area contributed by atoms with Crippen LogP contribution in [0.2, 0.25) is 0 Å². The van der Waals surface area contributed by atoms with Crippen LogP contribution in [0.25, 0.3) is 5.69 Å². The highest BCUT2D eigenvalue weighted by atomic mass is 16.6. The van der Waals surface area contributed by atoms with Gasteiger partial charge < -0.3 is 9.88 Å². The van der Waals surface area contributed by atoms with E-state index in [9.17, 15) is 10.1 Å². The van der Waals surface area contributed by atoms with Crippen molar-refractivity contribution in [2.45, 2.75) is 13.0 Å². The molecule has 0 amide bonds. The highest BCUT2D eigenvalue weighted by Gasteiger charge is 2.09. The van der Waals surface area contributed by atoms with Gasteiger partial charge in [-0.1, -0.05) is 12.1 Å². The van der Waals surface area contributed by atoms with E-state index in [1.807, 2.05) is 35.9 Å². The van der Waals surface area contributed by atoms with Crippen molar-refractivity contribution in [2.24, 2.45) is 0 Å². The standard InChI is InChI=1S/C16H15N5O2/c1-12(19-16-6-5-15(10-18-16)21(22)23)13-3-2-4-14(9-13)20-8-7-17-11-20/h2-12H,1H3,(H,18,19)/t12-/m0/s1. The number of nitrogens with zero attached hydrogens (tertiary/aromatic N) is 4. The number of hydrogen-bond donors (Lipinski definition) is 1. The van der Waals surface area contributed by atoms with E-state index >= 15 is 0 Å². The SMILES string of the molecule is C[C@H](Nc1ccc([N+](=O)[O-])cn1)c1cccc(-n2ccnc2)c1. The molecule has 1 aromatic carbocycles. The normalized spacial score (nSPS) is 11.9. The van der Waals surface area contributed by atoms with Crippen LogP contribution >= 0.6 is 0 Å². The van der Waals surface area contributed by atoms with E-state index in [4.69, 9.17) is 0 Å². The Morgan fingerprint density at radius 3 is 2.83 bits per heavy atom. The van der Waals surface area contributed by atoms with Crippen LogP contribution in [-0.2, 0) is 0 Å². The molecule has 0 radical (unpaired) electrons. The Balaban J connectivity index is 1.76. The first-order valence-corrected chi connectivity index (χ1v) is 7.09. The second-order valence-electron chi connectivity index (χ2n) is 5.09. The van der Waals surface area contributed by atoms with E-state index < -0.39 is 4.92 Å². The molecular formula is C16H15N5O2. The fraction of sp³-hybridized carbons (Fsp3) is 0.125. The molecule has 2 heterocycles. The van der Waals surface area contributed by atoms with Crippen LogP contribution in [0.1, 0.15) is 18.5 Å². The van der Waals surface area contributed by atoms with Crippen LogP contribution in [0.3, 0.4) is 0 Å². The van der Waals surface area contributed by atoms with Crippen molar-refractivity contribution >= 4 is 11.5 Å². The van der Waals surface area contributed by atoms with Crippen LogP contribution in [-0.4, -0.2) is 19.5 Å². The fourth-order valence-corrected chi connectivity index (χ4v) is 2.25. The minimum atomic E-state index is -0.463. The number of benzene rings is 1. The van der Waals surface area contributed by atoms with Crippen LogP contribution < -0.4 is 5.32 Å². The molecule has 3 rings (SSSR count). The zero-order valence-corrected chi connectivity index (χ0v) is 12.5. The molecule has 3 aromatic rings. The molecule has 7 heteroatoms. The van der Waals surface area contributed by atoms with E-state index in [0.717, 1.165) is 11.3 Å². The number of pyridine rings is 1. The third kappa shape index (κ3) is 3.34. The summed E-state index contributed by atoms with van der Waals surface area (Å²) in [4.78, 5) is 18.3. The van der Waals surface area contributed by atoms with Gasteiger partial charge in [0.25, 0.3) is 5.69 Å². The third-order valence-corrected chi connectivity index (χ3v) is 3.50. The van der Waals surface area contributed by atoms with Crippen molar-refractivity contribution in [3.8, 4) is 5.69 Å². The van der Waals surface area contributed by atoms with Crippen LogP contribution in [0.15, 0.2) is 61.3 Å². The number of imidazole rings is 1. The summed E-state index contributed by atoms with van der Waals surface area (Å²) in [7, 11) is 0. The van der Waals surface area contributed by atoms with Crippen LogP contribution in [0, 0.1) is 10.1 Å². The molecule has 0 aliphatic heterocycles. The zero-order valence-electron chi connectivity index (χ0n) is 12.5. The van der Waals surface area contributed by atoms with Gasteiger partial charge in [0.2, 0.25) is 0 Å². The summed E-state index contributed by atoms with van der Waals surface area (Å²) in [5.74, 6) is 0.594. The average molecular weight is 309 g/mol. The number of nitro groups is 1. The van der Waals surface area contributed by atoms with Gasteiger partial charge in [-0.05, 0) is 30.7 Å². The minimum absolute atomic E-state index is 0.00688. The molecule has 116 valence electrons. The Kier molecular flexibility index (Phi) is 4.01. The maximum atomic E-state index is 10.6. The van der Waals surface area contributed by atoms with E-state index in [0.29, 0.717) is 5.82 Å². The monoisotopic (exact) mass is 309 g/mol. The van der Waals surface area contributed by atoms with Crippen molar-refractivity contribution in [1.82, 2.24) is 14.5 Å². The van der Waals surface area contributed by atoms with Crippen LogP contribution in [0.5, 0.6) is 0 Å². The molecule has 0 aliphatic rings. The van der Waals surface area contributed by atoms with Crippen molar-refractivity contribution < 1.29 is 4.92 Å². The van der Waals surface area contributed by atoms with Gasteiger partial charge in [-0.15, -0.1) is 0 Å². The van der Waals surface area contributed by atoms with Crippen molar-refractivity contribution in [1.29, 1.82) is 0 Å². The lowest BCUT2D eigenvalue weighted by molar-refractivity contribution is -0.385. The smallest absolute Gasteiger partial charge is 0.287 e. The van der Waals surface area contributed by atoms with Crippen molar-refractivity contribution in [3.05, 3.63) is 77.0 Å². The number of nitrogens with one attached hydrogen (secondary N) is 1. The first-order chi connectivity index (χ1) is 11.1. The van der Waals surface area contributed by atoms with E-state index in [1.54, 1.807) is 18.6 Å². The summed E-state index contributed by atoms with van der Waals surface area (Å²) >= 11 is 0.